The van der Waals surface area contributed by atoms with Crippen molar-refractivity contribution in [3.8, 4) is 11.1 Å². The molecule has 0 amide bonds. The van der Waals surface area contributed by atoms with Crippen molar-refractivity contribution in [2.45, 2.75) is 63.2 Å². The molecule has 0 bridgehead atoms. The highest BCUT2D eigenvalue weighted by atomic mass is 32.1. The SMILES string of the molecule is Cc1sc2ccccc2c1C1=C(c2c(C)sc3cc(-c4ccc5c(C6=C(c7c(C)sc8ccccc78)C(F)(F)C(F)(F)C6(F)F)c(C)sc5c4)ccc23)C(F)(F)C(F)(F)C1(F)F. The van der Waals surface area contributed by atoms with Gasteiger partial charge in [-0.2, -0.15) is 52.7 Å². The van der Waals surface area contributed by atoms with E-state index in [4.69, 9.17) is 0 Å². The van der Waals surface area contributed by atoms with Crippen molar-refractivity contribution in [2.24, 2.45) is 0 Å². The number of alkyl halides is 12. The van der Waals surface area contributed by atoms with Gasteiger partial charge in [-0.25, -0.2) is 0 Å². The van der Waals surface area contributed by atoms with Crippen molar-refractivity contribution in [3.05, 3.63) is 127 Å². The molecule has 0 N–H and O–H groups in total. The molecule has 0 radical (unpaired) electrons. The molecule has 0 fully saturated rings. The second-order valence-corrected chi connectivity index (χ2v) is 20.5. The lowest BCUT2D eigenvalue weighted by molar-refractivity contribution is -0.254. The fourth-order valence-electron chi connectivity index (χ4n) is 9.15. The lowest BCUT2D eigenvalue weighted by atomic mass is 9.90. The first-order chi connectivity index (χ1) is 29.0. The summed E-state index contributed by atoms with van der Waals surface area (Å²) in [5, 5.41) is 0.314. The Kier molecular flexibility index (Phi) is 8.66. The Morgan fingerprint density at radius 3 is 0.887 bits per heavy atom. The zero-order chi connectivity index (χ0) is 44.4. The van der Waals surface area contributed by atoms with E-state index in [-0.39, 0.29) is 61.6 Å². The van der Waals surface area contributed by atoms with Crippen LogP contribution in [0.4, 0.5) is 52.7 Å². The van der Waals surface area contributed by atoms with Crippen LogP contribution in [-0.4, -0.2) is 35.5 Å². The summed E-state index contributed by atoms with van der Waals surface area (Å²) in [7, 11) is 0. The number of benzene rings is 4. The number of thiophene rings is 4. The third-order valence-electron chi connectivity index (χ3n) is 11.9. The maximum Gasteiger partial charge on any atom is 0.380 e. The van der Waals surface area contributed by atoms with Gasteiger partial charge >= 0.3 is 35.5 Å². The Labute approximate surface area is 360 Å². The van der Waals surface area contributed by atoms with Crippen LogP contribution in [0.25, 0.3) is 73.8 Å². The summed E-state index contributed by atoms with van der Waals surface area (Å²) >= 11 is 3.90. The summed E-state index contributed by atoms with van der Waals surface area (Å²) in [5.41, 5.74) is -6.58. The van der Waals surface area contributed by atoms with Crippen molar-refractivity contribution in [2.75, 3.05) is 0 Å². The molecular formula is C46H26F12S4. The van der Waals surface area contributed by atoms with E-state index in [0.717, 1.165) is 45.3 Å². The molecule has 8 aromatic rings. The van der Waals surface area contributed by atoms with Gasteiger partial charge in [-0.15, -0.1) is 45.3 Å². The first-order valence-electron chi connectivity index (χ1n) is 18.8. The maximum absolute atomic E-state index is 16.1. The topological polar surface area (TPSA) is 0 Å². The minimum Gasteiger partial charge on any atom is -0.194 e. The van der Waals surface area contributed by atoms with Gasteiger partial charge in [0.25, 0.3) is 0 Å². The number of rotatable bonds is 5. The first-order valence-corrected chi connectivity index (χ1v) is 22.0. The number of hydrogen-bond donors (Lipinski definition) is 0. The smallest absolute Gasteiger partial charge is 0.194 e. The van der Waals surface area contributed by atoms with Gasteiger partial charge in [-0.3, -0.25) is 0 Å². The maximum atomic E-state index is 16.1. The van der Waals surface area contributed by atoms with Crippen LogP contribution >= 0.6 is 45.3 Å². The molecule has 2 aliphatic rings. The molecule has 10 rings (SSSR count). The van der Waals surface area contributed by atoms with Crippen LogP contribution in [0, 0.1) is 27.7 Å². The predicted molar refractivity (Wildman–Crippen MR) is 229 cm³/mol. The Morgan fingerprint density at radius 1 is 0.323 bits per heavy atom. The van der Waals surface area contributed by atoms with E-state index in [1.807, 2.05) is 0 Å². The van der Waals surface area contributed by atoms with Gasteiger partial charge < -0.3 is 0 Å². The van der Waals surface area contributed by atoms with Crippen molar-refractivity contribution < 1.29 is 52.7 Å². The van der Waals surface area contributed by atoms with Crippen molar-refractivity contribution in [1.29, 1.82) is 0 Å². The van der Waals surface area contributed by atoms with Crippen LogP contribution in [0.15, 0.2) is 84.9 Å². The van der Waals surface area contributed by atoms with E-state index in [2.05, 4.69) is 0 Å². The van der Waals surface area contributed by atoms with Crippen molar-refractivity contribution >= 4 is 108 Å². The summed E-state index contributed by atoms with van der Waals surface area (Å²) in [6.45, 7) is 5.60. The Hall–Kier alpha value is -4.64. The van der Waals surface area contributed by atoms with Gasteiger partial charge in [0.2, 0.25) is 0 Å². The highest BCUT2D eigenvalue weighted by Gasteiger charge is 2.82. The highest BCUT2D eigenvalue weighted by molar-refractivity contribution is 7.20. The van der Waals surface area contributed by atoms with Crippen LogP contribution in [0.5, 0.6) is 0 Å². The molecule has 16 heteroatoms. The fourth-order valence-corrected chi connectivity index (χ4v) is 13.5. The first kappa shape index (κ1) is 41.4. The monoisotopic (exact) mass is 934 g/mol. The zero-order valence-corrected chi connectivity index (χ0v) is 35.5. The van der Waals surface area contributed by atoms with Gasteiger partial charge in [0, 0.05) is 104 Å². The number of aryl methyl sites for hydroxylation is 4. The van der Waals surface area contributed by atoms with Crippen molar-refractivity contribution in [3.63, 3.8) is 0 Å². The summed E-state index contributed by atoms with van der Waals surface area (Å²) in [5.74, 6) is -32.6. The number of hydrogen-bond acceptors (Lipinski definition) is 4. The summed E-state index contributed by atoms with van der Waals surface area (Å²) in [6, 6.07) is 21.0. The second-order valence-electron chi connectivity index (χ2n) is 15.5. The number of halogens is 12. The molecule has 0 spiro atoms. The second kappa shape index (κ2) is 13.0. The molecule has 0 saturated heterocycles. The third kappa shape index (κ3) is 5.09. The molecule has 62 heavy (non-hydrogen) atoms. The molecule has 4 aromatic heterocycles. The van der Waals surface area contributed by atoms with Gasteiger partial charge in [0.1, 0.15) is 0 Å². The van der Waals surface area contributed by atoms with E-state index < -0.39 is 69.0 Å². The molecule has 4 heterocycles. The molecule has 0 atom stereocenters. The van der Waals surface area contributed by atoms with E-state index >= 15 is 52.7 Å². The molecule has 0 saturated carbocycles. The number of allylic oxidation sites excluding steroid dienone is 4. The molecular weight excluding hydrogens is 909 g/mol. The standard InChI is InChI=1S/C46H26F12S4/c1-19-33(25-9-5-7-11-29(25)59-19)37-39(43(51,52)45(55,56)41(37,47)48)35-21(3)61-31-17-23(13-15-27(31)35)24-14-16-28-32(18-24)62-22(4)36(28)40-38(42(49,50)46(57,58)44(40,53)54)34-20(2)60-30-12-8-6-10-26(30)34/h5-18H,1-4H3. The van der Waals surface area contributed by atoms with Gasteiger partial charge in [0.05, 0.1) is 0 Å². The van der Waals surface area contributed by atoms with Gasteiger partial charge in [0.15, 0.2) is 0 Å². The largest absolute Gasteiger partial charge is 0.380 e. The average molecular weight is 935 g/mol. The van der Waals surface area contributed by atoms with Crippen LogP contribution < -0.4 is 0 Å². The minimum atomic E-state index is -5.77. The van der Waals surface area contributed by atoms with E-state index in [9.17, 15) is 0 Å². The zero-order valence-electron chi connectivity index (χ0n) is 32.3. The molecule has 0 unspecified atom stereocenters. The predicted octanol–water partition coefficient (Wildman–Crippen LogP) is 17.1. The van der Waals surface area contributed by atoms with Crippen LogP contribution in [0.2, 0.25) is 0 Å². The third-order valence-corrected chi connectivity index (χ3v) is 16.3. The summed E-state index contributed by atoms with van der Waals surface area (Å²) < 4.78 is 191. The highest BCUT2D eigenvalue weighted by Crippen LogP contribution is 2.69. The lowest BCUT2D eigenvalue weighted by Gasteiger charge is -2.26. The lowest BCUT2D eigenvalue weighted by Crippen LogP contribution is -2.48. The normalized spacial score (nSPS) is 19.9. The molecule has 318 valence electrons. The minimum absolute atomic E-state index is 0.0190. The van der Waals surface area contributed by atoms with Gasteiger partial charge in [-0.05, 0) is 63.1 Å². The number of fused-ring (bicyclic) bond motifs is 4. The quantitative estimate of drug-likeness (QED) is 0.151. The van der Waals surface area contributed by atoms with Crippen LogP contribution in [0.1, 0.15) is 41.8 Å². The molecule has 0 nitrogen and oxygen atoms in total. The van der Waals surface area contributed by atoms with Crippen LogP contribution in [-0.2, 0) is 0 Å². The van der Waals surface area contributed by atoms with Crippen LogP contribution in [0.3, 0.4) is 0 Å². The Balaban J connectivity index is 1.14. The summed E-state index contributed by atoms with van der Waals surface area (Å²) in [6.07, 6.45) is 0. The Morgan fingerprint density at radius 2 is 0.581 bits per heavy atom. The molecule has 2 aliphatic carbocycles. The van der Waals surface area contributed by atoms with E-state index in [0.29, 0.717) is 20.5 Å². The molecule has 0 aliphatic heterocycles. The average Bonchev–Trinajstić information content (AvgIpc) is 3.95. The van der Waals surface area contributed by atoms with E-state index in [1.165, 1.54) is 76.2 Å². The molecule has 4 aromatic carbocycles. The van der Waals surface area contributed by atoms with Crippen molar-refractivity contribution in [1.82, 2.24) is 0 Å². The summed E-state index contributed by atoms with van der Waals surface area (Å²) in [4.78, 5) is 0.478. The van der Waals surface area contributed by atoms with E-state index in [1.54, 1.807) is 36.4 Å². The van der Waals surface area contributed by atoms with Gasteiger partial charge in [-0.1, -0.05) is 60.7 Å². The fraction of sp³-hybridized carbons (Fsp3) is 0.217. The Bertz CT molecular complexity index is 3090.